The predicted molar refractivity (Wildman–Crippen MR) is 59.2 cm³/mol. The van der Waals surface area contributed by atoms with Gasteiger partial charge in [0, 0.05) is 30.3 Å². The van der Waals surface area contributed by atoms with Crippen LogP contribution in [0.5, 0.6) is 0 Å². The zero-order valence-electron chi connectivity index (χ0n) is 9.03. The minimum Gasteiger partial charge on any atom is -0.348 e. The molecule has 0 aromatic carbocycles. The molecule has 1 N–H and O–H groups in total. The highest BCUT2D eigenvalue weighted by molar-refractivity contribution is 5.94. The van der Waals surface area contributed by atoms with Gasteiger partial charge in [0.05, 0.1) is 0 Å². The molecule has 16 heavy (non-hydrogen) atoms. The van der Waals surface area contributed by atoms with Gasteiger partial charge in [-0.05, 0) is 12.5 Å². The highest BCUT2D eigenvalue weighted by atomic mass is 19.1. The summed E-state index contributed by atoms with van der Waals surface area (Å²) in [5.41, 5.74) is 0.253. The summed E-state index contributed by atoms with van der Waals surface area (Å²) in [6.07, 6.45) is 7.64. The maximum Gasteiger partial charge on any atom is 0.251 e. The molecule has 1 rings (SSSR count). The number of amides is 1. The number of pyridine rings is 1. The minimum absolute atomic E-state index is 0.0753. The molecule has 1 aromatic heterocycles. The number of carbonyl (C=O) groups is 1. The number of hydrogen-bond donors (Lipinski definition) is 1. The van der Waals surface area contributed by atoms with E-state index in [0.717, 1.165) is 12.5 Å². The number of carbonyl (C=O) groups excluding carboxylic acids is 1. The Morgan fingerprint density at radius 1 is 1.75 bits per heavy atom. The van der Waals surface area contributed by atoms with Crippen LogP contribution in [0.3, 0.4) is 0 Å². The zero-order valence-corrected chi connectivity index (χ0v) is 9.03. The van der Waals surface area contributed by atoms with Crippen LogP contribution in [-0.4, -0.2) is 16.9 Å². The smallest absolute Gasteiger partial charge is 0.251 e. The molecule has 0 aliphatic carbocycles. The Morgan fingerprint density at radius 3 is 3.06 bits per heavy atom. The minimum atomic E-state index is -0.669. The Bertz CT molecular complexity index is 412. The Kier molecular flexibility index (Phi) is 4.46. The van der Waals surface area contributed by atoms with Crippen molar-refractivity contribution in [3.8, 4) is 12.3 Å². The number of halogens is 1. The van der Waals surface area contributed by atoms with Crippen molar-refractivity contribution in [3.05, 3.63) is 29.8 Å². The van der Waals surface area contributed by atoms with E-state index in [1.54, 1.807) is 0 Å². The zero-order chi connectivity index (χ0) is 12.0. The van der Waals surface area contributed by atoms with Gasteiger partial charge in [0.2, 0.25) is 5.95 Å². The summed E-state index contributed by atoms with van der Waals surface area (Å²) < 4.78 is 12.8. The summed E-state index contributed by atoms with van der Waals surface area (Å²) in [4.78, 5) is 15.0. The van der Waals surface area contributed by atoms with E-state index in [1.165, 1.54) is 12.3 Å². The largest absolute Gasteiger partial charge is 0.348 e. The molecule has 1 aromatic rings. The van der Waals surface area contributed by atoms with Gasteiger partial charge in [-0.15, -0.1) is 12.3 Å². The van der Waals surface area contributed by atoms with Crippen LogP contribution in [0.25, 0.3) is 0 Å². The molecule has 1 atom stereocenters. The van der Waals surface area contributed by atoms with Crippen molar-refractivity contribution in [3.63, 3.8) is 0 Å². The van der Waals surface area contributed by atoms with Crippen LogP contribution >= 0.6 is 0 Å². The SMILES string of the molecule is C#CCC(CC)NC(=O)c1ccnc(F)c1. The van der Waals surface area contributed by atoms with Gasteiger partial charge >= 0.3 is 0 Å². The second kappa shape index (κ2) is 5.86. The first-order valence-corrected chi connectivity index (χ1v) is 5.03. The molecule has 84 valence electrons. The average molecular weight is 220 g/mol. The fourth-order valence-corrected chi connectivity index (χ4v) is 1.25. The van der Waals surface area contributed by atoms with Crippen molar-refractivity contribution < 1.29 is 9.18 Å². The topological polar surface area (TPSA) is 42.0 Å². The third-order valence-corrected chi connectivity index (χ3v) is 2.18. The van der Waals surface area contributed by atoms with Crippen molar-refractivity contribution >= 4 is 5.91 Å². The highest BCUT2D eigenvalue weighted by Gasteiger charge is 2.11. The van der Waals surface area contributed by atoms with Gasteiger partial charge in [-0.2, -0.15) is 4.39 Å². The van der Waals surface area contributed by atoms with E-state index in [1.807, 2.05) is 6.92 Å². The molecule has 3 nitrogen and oxygen atoms in total. The third kappa shape index (κ3) is 3.35. The van der Waals surface area contributed by atoms with Crippen LogP contribution in [0, 0.1) is 18.3 Å². The van der Waals surface area contributed by atoms with E-state index in [9.17, 15) is 9.18 Å². The summed E-state index contributed by atoms with van der Waals surface area (Å²) in [7, 11) is 0. The number of nitrogens with one attached hydrogen (secondary N) is 1. The van der Waals surface area contributed by atoms with Crippen LogP contribution in [-0.2, 0) is 0 Å². The van der Waals surface area contributed by atoms with Gasteiger partial charge < -0.3 is 5.32 Å². The number of nitrogens with zero attached hydrogens (tertiary/aromatic N) is 1. The van der Waals surface area contributed by atoms with Crippen molar-refractivity contribution in [1.29, 1.82) is 0 Å². The maximum atomic E-state index is 12.8. The molecule has 0 fully saturated rings. The molecule has 1 unspecified atom stereocenters. The van der Waals surface area contributed by atoms with Gasteiger partial charge in [-0.3, -0.25) is 4.79 Å². The van der Waals surface area contributed by atoms with Gasteiger partial charge in [0.15, 0.2) is 0 Å². The molecule has 1 heterocycles. The van der Waals surface area contributed by atoms with Crippen molar-refractivity contribution in [2.24, 2.45) is 0 Å². The number of rotatable bonds is 4. The lowest BCUT2D eigenvalue weighted by Gasteiger charge is -2.13. The van der Waals surface area contributed by atoms with Gasteiger partial charge in [0.1, 0.15) is 0 Å². The first-order valence-electron chi connectivity index (χ1n) is 5.03. The van der Waals surface area contributed by atoms with Crippen LogP contribution in [0.2, 0.25) is 0 Å². The first-order chi connectivity index (χ1) is 7.67. The summed E-state index contributed by atoms with van der Waals surface area (Å²) in [6, 6.07) is 2.48. The Labute approximate surface area is 94.1 Å². The van der Waals surface area contributed by atoms with E-state index in [2.05, 4.69) is 16.2 Å². The van der Waals surface area contributed by atoms with Crippen LogP contribution in [0.1, 0.15) is 30.1 Å². The summed E-state index contributed by atoms with van der Waals surface area (Å²) in [5, 5.41) is 2.74. The fourth-order valence-electron chi connectivity index (χ4n) is 1.25. The fraction of sp³-hybridized carbons (Fsp3) is 0.333. The van der Waals surface area contributed by atoms with Crippen LogP contribution in [0.15, 0.2) is 18.3 Å². The van der Waals surface area contributed by atoms with Gasteiger partial charge in [-0.25, -0.2) is 4.98 Å². The monoisotopic (exact) mass is 220 g/mol. The van der Waals surface area contributed by atoms with E-state index in [0.29, 0.717) is 6.42 Å². The number of aromatic nitrogens is 1. The second-order valence-electron chi connectivity index (χ2n) is 3.35. The molecule has 0 radical (unpaired) electrons. The molecule has 0 aliphatic heterocycles. The summed E-state index contributed by atoms with van der Waals surface area (Å²) >= 11 is 0. The molecule has 4 heteroatoms. The molecule has 0 saturated heterocycles. The van der Waals surface area contributed by atoms with E-state index in [4.69, 9.17) is 6.42 Å². The summed E-state index contributed by atoms with van der Waals surface area (Å²) in [6.45, 7) is 1.93. The molecule has 0 spiro atoms. The quantitative estimate of drug-likeness (QED) is 0.620. The molecular formula is C12H13FN2O. The van der Waals surface area contributed by atoms with Crippen LogP contribution < -0.4 is 5.32 Å². The summed E-state index contributed by atoms with van der Waals surface area (Å²) in [5.74, 6) is 1.49. The van der Waals surface area contributed by atoms with Crippen molar-refractivity contribution in [1.82, 2.24) is 10.3 Å². The predicted octanol–water partition coefficient (Wildman–Crippen LogP) is 1.75. The molecule has 1 amide bonds. The Morgan fingerprint density at radius 2 is 2.50 bits per heavy atom. The van der Waals surface area contributed by atoms with E-state index < -0.39 is 5.95 Å². The number of hydrogen-bond acceptors (Lipinski definition) is 2. The Balaban J connectivity index is 2.68. The van der Waals surface area contributed by atoms with E-state index >= 15 is 0 Å². The molecule has 0 aliphatic rings. The van der Waals surface area contributed by atoms with Crippen molar-refractivity contribution in [2.75, 3.05) is 0 Å². The first kappa shape index (κ1) is 12.2. The number of terminal acetylenes is 1. The normalized spacial score (nSPS) is 11.6. The third-order valence-electron chi connectivity index (χ3n) is 2.18. The maximum absolute atomic E-state index is 12.8. The lowest BCUT2D eigenvalue weighted by molar-refractivity contribution is 0.0936. The molecular weight excluding hydrogens is 207 g/mol. The lowest BCUT2D eigenvalue weighted by atomic mass is 10.1. The molecule has 0 bridgehead atoms. The lowest BCUT2D eigenvalue weighted by Crippen LogP contribution is -2.34. The Hall–Kier alpha value is -1.89. The highest BCUT2D eigenvalue weighted by Crippen LogP contribution is 2.03. The van der Waals surface area contributed by atoms with Gasteiger partial charge in [0.25, 0.3) is 5.91 Å². The van der Waals surface area contributed by atoms with Crippen LogP contribution in [0.4, 0.5) is 4.39 Å². The standard InChI is InChI=1S/C12H13FN2O/c1-3-5-10(4-2)15-12(16)9-6-7-14-11(13)8-9/h1,6-8,10H,4-5H2,2H3,(H,15,16). The van der Waals surface area contributed by atoms with Crippen molar-refractivity contribution in [2.45, 2.75) is 25.8 Å². The molecule has 0 saturated carbocycles. The van der Waals surface area contributed by atoms with Gasteiger partial charge in [-0.1, -0.05) is 6.92 Å². The second-order valence-corrected chi connectivity index (χ2v) is 3.35. The van der Waals surface area contributed by atoms with E-state index in [-0.39, 0.29) is 17.5 Å². The average Bonchev–Trinajstić information content (AvgIpc) is 2.28.